The van der Waals surface area contributed by atoms with Crippen molar-refractivity contribution >= 4 is 34.9 Å². The molecule has 244 valence electrons. The first-order valence-corrected chi connectivity index (χ1v) is 15.9. The van der Waals surface area contributed by atoms with Gasteiger partial charge in [0.1, 0.15) is 11.9 Å². The maximum Gasteiger partial charge on any atom is 0.299 e. The number of benzene rings is 2. The quantitative estimate of drug-likeness (QED) is 0.114. The summed E-state index contributed by atoms with van der Waals surface area (Å²) in [4.78, 5) is 42.6. The van der Waals surface area contributed by atoms with E-state index in [1.165, 1.54) is 40.5 Å². The molecule has 3 amide bonds. The van der Waals surface area contributed by atoms with Crippen molar-refractivity contribution in [1.29, 1.82) is 5.41 Å². The fourth-order valence-corrected chi connectivity index (χ4v) is 6.96. The smallest absolute Gasteiger partial charge is 0.299 e. The molecule has 1 saturated heterocycles. The zero-order valence-corrected chi connectivity index (χ0v) is 26.5. The average Bonchev–Trinajstić information content (AvgIpc) is 3.73. The Morgan fingerprint density at radius 3 is 2.59 bits per heavy atom. The molecular formula is C33H38F2N6O4S. The molecule has 2 aromatic carbocycles. The first-order valence-electron chi connectivity index (χ1n) is 15.1. The molecule has 0 saturated carbocycles. The summed E-state index contributed by atoms with van der Waals surface area (Å²) in [7, 11) is 0. The molecule has 0 radical (unpaired) electrons. The lowest BCUT2D eigenvalue weighted by molar-refractivity contribution is -0.138. The van der Waals surface area contributed by atoms with Crippen LogP contribution in [0.5, 0.6) is 0 Å². The molecule has 1 fully saturated rings. The first kappa shape index (κ1) is 33.2. The van der Waals surface area contributed by atoms with Gasteiger partial charge >= 0.3 is 0 Å². The Morgan fingerprint density at radius 2 is 1.87 bits per heavy atom. The SMILES string of the molecule is C[C@@H](NC(=O)[C@@H]1C[C@](C)(COCCCN)CN1C(=O)CNC(=O)c1ccc2c(c1)-c1ccccc1C2(F)F)c1cc(C(=N)N)cs1. The summed E-state index contributed by atoms with van der Waals surface area (Å²) in [6.07, 6.45) is 1.02. The summed E-state index contributed by atoms with van der Waals surface area (Å²) in [5.41, 5.74) is 11.7. The molecular weight excluding hydrogens is 614 g/mol. The van der Waals surface area contributed by atoms with Crippen molar-refractivity contribution in [2.24, 2.45) is 16.9 Å². The number of nitrogen functional groups attached to an aromatic ring is 1. The van der Waals surface area contributed by atoms with Crippen molar-refractivity contribution in [3.05, 3.63) is 81.0 Å². The van der Waals surface area contributed by atoms with E-state index in [2.05, 4.69) is 10.6 Å². The number of fused-ring (bicyclic) bond motifs is 3. The lowest BCUT2D eigenvalue weighted by atomic mass is 9.88. The highest BCUT2D eigenvalue weighted by Gasteiger charge is 2.47. The Labute approximate surface area is 270 Å². The van der Waals surface area contributed by atoms with Crippen molar-refractivity contribution in [2.45, 2.75) is 44.7 Å². The van der Waals surface area contributed by atoms with Gasteiger partial charge in [0.2, 0.25) is 11.8 Å². The topological polar surface area (TPSA) is 164 Å². The fraction of sp³-hybridized carbons (Fsp3) is 0.394. The Kier molecular flexibility index (Phi) is 9.57. The third kappa shape index (κ3) is 6.67. The average molecular weight is 653 g/mol. The van der Waals surface area contributed by atoms with Crippen molar-refractivity contribution < 1.29 is 27.9 Å². The Hall–Kier alpha value is -4.20. The van der Waals surface area contributed by atoms with Crippen LogP contribution >= 0.6 is 11.3 Å². The summed E-state index contributed by atoms with van der Waals surface area (Å²) in [5.74, 6) is -4.64. The van der Waals surface area contributed by atoms with Crippen molar-refractivity contribution in [2.75, 3.05) is 32.8 Å². The largest absolute Gasteiger partial charge is 0.384 e. The van der Waals surface area contributed by atoms with Gasteiger partial charge in [0.05, 0.1) is 19.2 Å². The highest BCUT2D eigenvalue weighted by molar-refractivity contribution is 7.10. The zero-order valence-electron chi connectivity index (χ0n) is 25.7. The number of nitrogens with two attached hydrogens (primary N) is 2. The monoisotopic (exact) mass is 652 g/mol. The molecule has 13 heteroatoms. The number of hydrogen-bond donors (Lipinski definition) is 5. The standard InChI is InChI=1S/C33H38F2N6O4S/c1-19(27-13-21(16-46-27)29(37)38)40-31(44)26-14-32(2,18-45-11-5-10-36)17-41(26)28(42)15-39-30(43)20-8-9-25-23(12-20)22-6-3-4-7-24(22)33(25,34)35/h3-4,6-9,12-13,16,19,26H,5,10-11,14-15,17-18,36H2,1-2H3,(H3,37,38)(H,39,43)(H,40,44)/t19-,26+,32+/m1/s1. The molecule has 0 unspecified atom stereocenters. The van der Waals surface area contributed by atoms with Crippen LogP contribution in [0, 0.1) is 10.8 Å². The third-order valence-corrected chi connectivity index (χ3v) is 9.59. The Balaban J connectivity index is 1.28. The van der Waals surface area contributed by atoms with Crippen LogP contribution in [0.2, 0.25) is 0 Å². The molecule has 0 bridgehead atoms. The van der Waals surface area contributed by atoms with Crippen molar-refractivity contribution in [3.8, 4) is 11.1 Å². The summed E-state index contributed by atoms with van der Waals surface area (Å²) in [6, 6.07) is 10.7. The number of likely N-dealkylation sites (tertiary alicyclic amines) is 1. The van der Waals surface area contributed by atoms with E-state index in [0.29, 0.717) is 43.7 Å². The van der Waals surface area contributed by atoms with E-state index in [4.69, 9.17) is 21.6 Å². The van der Waals surface area contributed by atoms with Gasteiger partial charge in [-0.2, -0.15) is 8.78 Å². The summed E-state index contributed by atoms with van der Waals surface area (Å²) < 4.78 is 35.8. The summed E-state index contributed by atoms with van der Waals surface area (Å²) in [6.45, 7) is 4.86. The Bertz CT molecular complexity index is 1660. The molecule has 46 heavy (non-hydrogen) atoms. The van der Waals surface area contributed by atoms with Crippen LogP contribution in [0.15, 0.2) is 53.9 Å². The van der Waals surface area contributed by atoms with E-state index < -0.39 is 35.2 Å². The maximum absolute atomic E-state index is 15.0. The minimum absolute atomic E-state index is 0.0660. The molecule has 3 aromatic rings. The number of amidine groups is 1. The van der Waals surface area contributed by atoms with E-state index in [0.717, 1.165) is 4.88 Å². The highest BCUT2D eigenvalue weighted by Crippen LogP contribution is 2.51. The second kappa shape index (κ2) is 13.3. The van der Waals surface area contributed by atoms with Gasteiger partial charge in [-0.05, 0) is 55.6 Å². The van der Waals surface area contributed by atoms with Crippen LogP contribution in [-0.2, 0) is 20.2 Å². The molecule has 10 nitrogen and oxygen atoms in total. The van der Waals surface area contributed by atoms with Gasteiger partial charge in [0.15, 0.2) is 0 Å². The van der Waals surface area contributed by atoms with Crippen LogP contribution in [0.4, 0.5) is 8.78 Å². The van der Waals surface area contributed by atoms with E-state index in [1.807, 2.05) is 13.8 Å². The summed E-state index contributed by atoms with van der Waals surface area (Å²) in [5, 5.41) is 15.0. The summed E-state index contributed by atoms with van der Waals surface area (Å²) >= 11 is 1.37. The predicted molar refractivity (Wildman–Crippen MR) is 172 cm³/mol. The third-order valence-electron chi connectivity index (χ3n) is 8.47. The Morgan fingerprint density at radius 1 is 1.13 bits per heavy atom. The molecule has 2 heterocycles. The van der Waals surface area contributed by atoms with Gasteiger partial charge in [-0.15, -0.1) is 11.3 Å². The van der Waals surface area contributed by atoms with Crippen LogP contribution in [-0.4, -0.2) is 67.3 Å². The minimum atomic E-state index is -3.17. The number of rotatable bonds is 12. The number of amides is 3. The van der Waals surface area contributed by atoms with E-state index in [1.54, 1.807) is 29.6 Å². The van der Waals surface area contributed by atoms with Crippen LogP contribution in [0.1, 0.15) is 64.7 Å². The van der Waals surface area contributed by atoms with Crippen molar-refractivity contribution in [1.82, 2.24) is 15.5 Å². The minimum Gasteiger partial charge on any atom is -0.384 e. The van der Waals surface area contributed by atoms with Crippen molar-refractivity contribution in [3.63, 3.8) is 0 Å². The van der Waals surface area contributed by atoms with E-state index in [9.17, 15) is 23.2 Å². The maximum atomic E-state index is 15.0. The van der Waals surface area contributed by atoms with E-state index in [-0.39, 0.29) is 47.1 Å². The molecule has 3 atom stereocenters. The number of halogens is 2. The normalized spacial score (nSPS) is 20.1. The zero-order chi connectivity index (χ0) is 33.2. The van der Waals surface area contributed by atoms with Gasteiger partial charge in [0, 0.05) is 51.1 Å². The molecule has 1 aliphatic heterocycles. The van der Waals surface area contributed by atoms with Gasteiger partial charge in [-0.1, -0.05) is 37.3 Å². The lowest BCUT2D eigenvalue weighted by Gasteiger charge is -2.26. The number of nitrogens with zero attached hydrogens (tertiary/aromatic N) is 1. The molecule has 5 rings (SSSR count). The molecule has 7 N–H and O–H groups in total. The van der Waals surface area contributed by atoms with Crippen LogP contribution in [0.3, 0.4) is 0 Å². The lowest BCUT2D eigenvalue weighted by Crippen LogP contribution is -2.49. The second-order valence-electron chi connectivity index (χ2n) is 12.2. The molecule has 2 aliphatic rings. The number of ether oxygens (including phenoxy) is 1. The van der Waals surface area contributed by atoms with Gasteiger partial charge in [-0.25, -0.2) is 0 Å². The highest BCUT2D eigenvalue weighted by atomic mass is 32.1. The number of carbonyl (C=O) groups is 3. The van der Waals surface area contributed by atoms with Gasteiger partial charge in [0.25, 0.3) is 11.8 Å². The first-order chi connectivity index (χ1) is 21.8. The molecule has 1 aromatic heterocycles. The van der Waals surface area contributed by atoms with Crippen LogP contribution < -0.4 is 22.1 Å². The number of alkyl halides is 2. The van der Waals surface area contributed by atoms with Gasteiger partial charge in [-0.3, -0.25) is 19.8 Å². The fourth-order valence-electron chi connectivity index (χ4n) is 6.05. The number of carbonyl (C=O) groups excluding carboxylic acids is 3. The molecule has 0 spiro atoms. The molecule has 1 aliphatic carbocycles. The predicted octanol–water partition coefficient (Wildman–Crippen LogP) is 3.73. The number of thiophene rings is 1. The van der Waals surface area contributed by atoms with Crippen LogP contribution in [0.25, 0.3) is 11.1 Å². The van der Waals surface area contributed by atoms with E-state index >= 15 is 0 Å². The number of nitrogens with one attached hydrogen (secondary N) is 3. The van der Waals surface area contributed by atoms with Gasteiger partial charge < -0.3 is 31.7 Å². The second-order valence-corrected chi connectivity index (χ2v) is 13.1. The number of hydrogen-bond acceptors (Lipinski definition) is 7.